The van der Waals surface area contributed by atoms with Crippen LogP contribution < -0.4 is 0 Å². The maximum atomic E-state index is 14.7. The summed E-state index contributed by atoms with van der Waals surface area (Å²) in [5.41, 5.74) is -0.252. The summed E-state index contributed by atoms with van der Waals surface area (Å²) in [4.78, 5) is 0. The van der Waals surface area contributed by atoms with E-state index in [-0.39, 0.29) is 25.1 Å². The van der Waals surface area contributed by atoms with Gasteiger partial charge in [0.2, 0.25) is 0 Å². The topological polar surface area (TPSA) is 27.7 Å². The highest BCUT2D eigenvalue weighted by Crippen LogP contribution is 2.36. The summed E-state index contributed by atoms with van der Waals surface area (Å²) in [6.07, 6.45) is 7.13. The summed E-state index contributed by atoms with van der Waals surface area (Å²) >= 11 is 0. The van der Waals surface area contributed by atoms with Crippen LogP contribution in [0.1, 0.15) is 88.7 Å². The summed E-state index contributed by atoms with van der Waals surface area (Å²) < 4.78 is 46.2. The number of halogens is 2. The Bertz CT molecular complexity index is 606. The van der Waals surface area contributed by atoms with E-state index < -0.39 is 12.0 Å². The SMILES string of the molecule is CCCCCC1CCC(c2ccc(C3OCC(F)(CCC)CO3)cc2F)OC1. The van der Waals surface area contributed by atoms with E-state index in [0.29, 0.717) is 30.1 Å². The average Bonchev–Trinajstić information content (AvgIpc) is 2.69. The number of rotatable bonds is 8. The van der Waals surface area contributed by atoms with E-state index in [1.54, 1.807) is 6.07 Å². The van der Waals surface area contributed by atoms with Gasteiger partial charge >= 0.3 is 0 Å². The molecule has 2 heterocycles. The Kier molecular flexibility index (Phi) is 7.84. The monoisotopic (exact) mass is 396 g/mol. The minimum Gasteiger partial charge on any atom is -0.373 e. The van der Waals surface area contributed by atoms with Crippen molar-refractivity contribution in [3.8, 4) is 0 Å². The van der Waals surface area contributed by atoms with E-state index in [0.717, 1.165) is 19.3 Å². The zero-order chi connectivity index (χ0) is 20.0. The van der Waals surface area contributed by atoms with Gasteiger partial charge in [-0.1, -0.05) is 51.7 Å². The van der Waals surface area contributed by atoms with Gasteiger partial charge in [-0.15, -0.1) is 0 Å². The maximum absolute atomic E-state index is 14.7. The van der Waals surface area contributed by atoms with Gasteiger partial charge in [0.05, 0.1) is 25.9 Å². The fraction of sp³-hybridized carbons (Fsp3) is 0.739. The molecule has 5 heteroatoms. The number of unbranched alkanes of at least 4 members (excludes halogenated alkanes) is 2. The van der Waals surface area contributed by atoms with E-state index in [1.165, 1.54) is 31.7 Å². The Hall–Kier alpha value is -1.04. The largest absolute Gasteiger partial charge is 0.373 e. The molecule has 0 bridgehead atoms. The van der Waals surface area contributed by atoms with Crippen molar-refractivity contribution in [2.45, 2.75) is 83.3 Å². The lowest BCUT2D eigenvalue weighted by molar-refractivity contribution is -0.239. The van der Waals surface area contributed by atoms with Gasteiger partial charge in [0.25, 0.3) is 0 Å². The van der Waals surface area contributed by atoms with Crippen molar-refractivity contribution in [3.63, 3.8) is 0 Å². The fourth-order valence-electron chi connectivity index (χ4n) is 4.24. The first-order valence-corrected chi connectivity index (χ1v) is 10.9. The molecule has 0 saturated carbocycles. The quantitative estimate of drug-likeness (QED) is 0.474. The summed E-state index contributed by atoms with van der Waals surface area (Å²) in [6, 6.07) is 5.02. The van der Waals surface area contributed by atoms with Crippen molar-refractivity contribution in [3.05, 3.63) is 35.1 Å². The molecule has 0 N–H and O–H groups in total. The summed E-state index contributed by atoms with van der Waals surface area (Å²) in [7, 11) is 0. The van der Waals surface area contributed by atoms with Gasteiger partial charge in [-0.25, -0.2) is 8.78 Å². The van der Waals surface area contributed by atoms with E-state index in [9.17, 15) is 8.78 Å². The van der Waals surface area contributed by atoms with Crippen molar-refractivity contribution >= 4 is 0 Å². The Balaban J connectivity index is 1.54. The number of benzene rings is 1. The molecule has 0 radical (unpaired) electrons. The third-order valence-electron chi connectivity index (χ3n) is 5.91. The molecule has 2 saturated heterocycles. The first-order chi connectivity index (χ1) is 13.5. The second-order valence-electron chi connectivity index (χ2n) is 8.40. The maximum Gasteiger partial charge on any atom is 0.184 e. The van der Waals surface area contributed by atoms with Crippen molar-refractivity contribution in [1.82, 2.24) is 0 Å². The zero-order valence-corrected chi connectivity index (χ0v) is 17.2. The zero-order valence-electron chi connectivity index (χ0n) is 17.2. The Labute approximate surface area is 167 Å². The van der Waals surface area contributed by atoms with Gasteiger partial charge < -0.3 is 14.2 Å². The third kappa shape index (κ3) is 5.52. The lowest BCUT2D eigenvalue weighted by atomic mass is 9.90. The molecule has 2 aliphatic rings. The minimum atomic E-state index is -1.44. The van der Waals surface area contributed by atoms with Crippen LogP contribution in [0.5, 0.6) is 0 Å². The van der Waals surface area contributed by atoms with Crippen molar-refractivity contribution in [1.29, 1.82) is 0 Å². The Morgan fingerprint density at radius 2 is 1.82 bits per heavy atom. The molecular weight excluding hydrogens is 362 g/mol. The third-order valence-corrected chi connectivity index (χ3v) is 5.91. The molecule has 3 rings (SSSR count). The molecule has 2 aliphatic heterocycles. The lowest BCUT2D eigenvalue weighted by Crippen LogP contribution is -2.41. The lowest BCUT2D eigenvalue weighted by Gasteiger charge is -2.34. The average molecular weight is 397 g/mol. The van der Waals surface area contributed by atoms with Gasteiger partial charge in [-0.2, -0.15) is 0 Å². The molecule has 0 aromatic heterocycles. The summed E-state index contributed by atoms with van der Waals surface area (Å²) in [5.74, 6) is 0.294. The number of ether oxygens (including phenoxy) is 3. The molecule has 158 valence electrons. The number of alkyl halides is 1. The molecule has 2 unspecified atom stereocenters. The van der Waals surface area contributed by atoms with Crippen LogP contribution in [0.2, 0.25) is 0 Å². The smallest absolute Gasteiger partial charge is 0.184 e. The highest BCUT2D eigenvalue weighted by Gasteiger charge is 2.37. The van der Waals surface area contributed by atoms with Crippen LogP contribution >= 0.6 is 0 Å². The number of hydrogen-bond donors (Lipinski definition) is 0. The normalized spacial score (nSPS) is 31.1. The van der Waals surface area contributed by atoms with Crippen LogP contribution in [0, 0.1) is 11.7 Å². The van der Waals surface area contributed by atoms with Gasteiger partial charge in [-0.3, -0.25) is 0 Å². The molecule has 0 spiro atoms. The van der Waals surface area contributed by atoms with Gasteiger partial charge in [0, 0.05) is 11.1 Å². The molecule has 0 amide bonds. The fourth-order valence-corrected chi connectivity index (χ4v) is 4.24. The second kappa shape index (κ2) is 10.1. The standard InChI is InChI=1S/C23H34F2O3/c1-3-5-6-7-17-8-11-21(26-14-17)19-10-9-18(13-20(19)24)22-27-15-23(25,12-4-2)16-28-22/h9-10,13,17,21-22H,3-8,11-12,14-16H2,1-2H3. The van der Waals surface area contributed by atoms with Gasteiger partial charge in [-0.05, 0) is 37.7 Å². The van der Waals surface area contributed by atoms with E-state index in [4.69, 9.17) is 14.2 Å². The van der Waals surface area contributed by atoms with Crippen LogP contribution in [0.25, 0.3) is 0 Å². The first-order valence-electron chi connectivity index (χ1n) is 10.9. The highest BCUT2D eigenvalue weighted by molar-refractivity contribution is 5.27. The van der Waals surface area contributed by atoms with E-state index in [2.05, 4.69) is 6.92 Å². The molecule has 28 heavy (non-hydrogen) atoms. The van der Waals surface area contributed by atoms with Crippen LogP contribution in [-0.2, 0) is 14.2 Å². The molecule has 2 fully saturated rings. The molecule has 1 aromatic carbocycles. The number of hydrogen-bond acceptors (Lipinski definition) is 3. The first kappa shape index (κ1) is 21.7. The molecule has 0 aliphatic carbocycles. The van der Waals surface area contributed by atoms with Gasteiger partial charge in [0.1, 0.15) is 5.82 Å². The van der Waals surface area contributed by atoms with Crippen molar-refractivity contribution in [2.75, 3.05) is 19.8 Å². The predicted molar refractivity (Wildman–Crippen MR) is 105 cm³/mol. The second-order valence-corrected chi connectivity index (χ2v) is 8.40. The Morgan fingerprint density at radius 1 is 1.04 bits per heavy atom. The summed E-state index contributed by atoms with van der Waals surface area (Å²) in [5, 5.41) is 0. The minimum absolute atomic E-state index is 0.0139. The predicted octanol–water partition coefficient (Wildman–Crippen LogP) is 6.43. The van der Waals surface area contributed by atoms with Crippen LogP contribution in [0.15, 0.2) is 18.2 Å². The van der Waals surface area contributed by atoms with E-state index >= 15 is 0 Å². The Morgan fingerprint density at radius 3 is 2.43 bits per heavy atom. The molecule has 1 aromatic rings. The summed E-state index contributed by atoms with van der Waals surface area (Å²) in [6.45, 7) is 4.82. The molecular formula is C23H34F2O3. The van der Waals surface area contributed by atoms with Crippen LogP contribution in [-0.4, -0.2) is 25.5 Å². The van der Waals surface area contributed by atoms with Gasteiger partial charge in [0.15, 0.2) is 12.0 Å². The van der Waals surface area contributed by atoms with Crippen LogP contribution in [0.3, 0.4) is 0 Å². The molecule has 3 nitrogen and oxygen atoms in total. The van der Waals surface area contributed by atoms with Crippen LogP contribution in [0.4, 0.5) is 8.78 Å². The van der Waals surface area contributed by atoms with E-state index in [1.807, 2.05) is 13.0 Å². The van der Waals surface area contributed by atoms with Crippen molar-refractivity contribution < 1.29 is 23.0 Å². The highest BCUT2D eigenvalue weighted by atomic mass is 19.1. The molecule has 2 atom stereocenters. The van der Waals surface area contributed by atoms with Crippen molar-refractivity contribution in [2.24, 2.45) is 5.92 Å².